The maximum atomic E-state index is 11.0. The minimum atomic E-state index is -0.442. The highest BCUT2D eigenvalue weighted by molar-refractivity contribution is 5.02. The lowest BCUT2D eigenvalue weighted by atomic mass is 9.78. The summed E-state index contributed by atoms with van der Waals surface area (Å²) >= 11 is 0. The van der Waals surface area contributed by atoms with E-state index in [1.165, 1.54) is 25.7 Å². The molecule has 0 radical (unpaired) electrons. The number of nitrogens with zero attached hydrogens (tertiary/aromatic N) is 2. The Kier molecular flexibility index (Phi) is 2.35. The summed E-state index contributed by atoms with van der Waals surface area (Å²) < 4.78 is 4.62. The highest BCUT2D eigenvalue weighted by atomic mass is 16.5. The first-order chi connectivity index (χ1) is 7.75. The molecule has 3 atom stereocenters. The fourth-order valence-electron chi connectivity index (χ4n) is 3.47. The van der Waals surface area contributed by atoms with Crippen molar-refractivity contribution in [1.82, 2.24) is 15.0 Å². The van der Waals surface area contributed by atoms with Gasteiger partial charge in [0.25, 0.3) is 0 Å². The SMILES string of the molecule is CN1CC2CCCCC2C1c1noc(=O)[nH]1. The molecular weight excluding hydrogens is 206 g/mol. The zero-order chi connectivity index (χ0) is 11.1. The van der Waals surface area contributed by atoms with E-state index in [1.807, 2.05) is 0 Å². The second-order valence-electron chi connectivity index (χ2n) is 5.07. The van der Waals surface area contributed by atoms with Gasteiger partial charge in [-0.3, -0.25) is 14.4 Å². The highest BCUT2D eigenvalue weighted by Gasteiger charge is 2.43. The molecule has 5 nitrogen and oxygen atoms in total. The van der Waals surface area contributed by atoms with E-state index in [1.54, 1.807) is 0 Å². The first kappa shape index (κ1) is 10.1. The van der Waals surface area contributed by atoms with Crippen molar-refractivity contribution in [2.45, 2.75) is 31.7 Å². The van der Waals surface area contributed by atoms with E-state index in [4.69, 9.17) is 0 Å². The highest BCUT2D eigenvalue weighted by Crippen LogP contribution is 2.45. The Bertz CT molecular complexity index is 425. The molecule has 1 aliphatic carbocycles. The number of hydrogen-bond acceptors (Lipinski definition) is 4. The summed E-state index contributed by atoms with van der Waals surface area (Å²) in [6.07, 6.45) is 5.20. The zero-order valence-electron chi connectivity index (χ0n) is 9.48. The van der Waals surface area contributed by atoms with Gasteiger partial charge in [0.05, 0.1) is 6.04 Å². The molecule has 88 valence electrons. The second kappa shape index (κ2) is 3.73. The van der Waals surface area contributed by atoms with Crippen LogP contribution >= 0.6 is 0 Å². The summed E-state index contributed by atoms with van der Waals surface area (Å²) in [4.78, 5) is 16.0. The van der Waals surface area contributed by atoms with E-state index in [2.05, 4.69) is 26.6 Å². The summed E-state index contributed by atoms with van der Waals surface area (Å²) in [6, 6.07) is 0.247. The van der Waals surface area contributed by atoms with Gasteiger partial charge in [-0.25, -0.2) is 4.79 Å². The van der Waals surface area contributed by atoms with Crippen LogP contribution in [0.25, 0.3) is 0 Å². The summed E-state index contributed by atoms with van der Waals surface area (Å²) in [5.41, 5.74) is 0. The van der Waals surface area contributed by atoms with Crippen molar-refractivity contribution in [1.29, 1.82) is 0 Å². The van der Waals surface area contributed by atoms with Crippen LogP contribution in [-0.2, 0) is 0 Å². The van der Waals surface area contributed by atoms with E-state index >= 15 is 0 Å². The molecule has 1 N–H and O–H groups in total. The molecule has 1 aromatic heterocycles. The van der Waals surface area contributed by atoms with Gasteiger partial charge in [0.1, 0.15) is 0 Å². The Labute approximate surface area is 93.8 Å². The molecular formula is C11H17N3O2. The van der Waals surface area contributed by atoms with Gasteiger partial charge < -0.3 is 0 Å². The van der Waals surface area contributed by atoms with E-state index in [0.29, 0.717) is 11.7 Å². The number of hydrogen-bond donors (Lipinski definition) is 1. The first-order valence-corrected chi connectivity index (χ1v) is 6.02. The molecule has 2 aliphatic rings. The standard InChI is InChI=1S/C11H17N3O2/c1-14-6-7-4-2-3-5-8(7)9(14)10-12-11(15)16-13-10/h7-9H,2-6H2,1H3,(H,12,13,15). The van der Waals surface area contributed by atoms with Gasteiger partial charge in [-0.2, -0.15) is 0 Å². The number of aromatic amines is 1. The fourth-order valence-corrected chi connectivity index (χ4v) is 3.47. The lowest BCUT2D eigenvalue weighted by Crippen LogP contribution is -2.23. The Morgan fingerprint density at radius 3 is 3.00 bits per heavy atom. The lowest BCUT2D eigenvalue weighted by Gasteiger charge is -2.27. The third-order valence-electron chi connectivity index (χ3n) is 4.11. The van der Waals surface area contributed by atoms with E-state index in [-0.39, 0.29) is 6.04 Å². The number of aromatic nitrogens is 2. The van der Waals surface area contributed by atoms with Crippen LogP contribution in [0.2, 0.25) is 0 Å². The number of nitrogens with one attached hydrogen (secondary N) is 1. The fraction of sp³-hybridized carbons (Fsp3) is 0.818. The van der Waals surface area contributed by atoms with Gasteiger partial charge in [-0.1, -0.05) is 18.0 Å². The van der Waals surface area contributed by atoms with Crippen LogP contribution in [-0.4, -0.2) is 28.6 Å². The lowest BCUT2D eigenvalue weighted by molar-refractivity contribution is 0.224. The van der Waals surface area contributed by atoms with Gasteiger partial charge >= 0.3 is 5.76 Å². The molecule has 0 spiro atoms. The normalized spacial score (nSPS) is 35.2. The second-order valence-corrected chi connectivity index (χ2v) is 5.07. The molecule has 16 heavy (non-hydrogen) atoms. The van der Waals surface area contributed by atoms with Crippen molar-refractivity contribution >= 4 is 0 Å². The summed E-state index contributed by atoms with van der Waals surface area (Å²) in [5.74, 6) is 1.67. The molecule has 2 heterocycles. The van der Waals surface area contributed by atoms with Crippen LogP contribution in [0.4, 0.5) is 0 Å². The van der Waals surface area contributed by atoms with Crippen LogP contribution in [0.15, 0.2) is 9.32 Å². The van der Waals surface area contributed by atoms with Gasteiger partial charge in [0.2, 0.25) is 0 Å². The van der Waals surface area contributed by atoms with Gasteiger partial charge in [-0.05, 0) is 31.7 Å². The molecule has 1 saturated heterocycles. The molecule has 0 aromatic carbocycles. The van der Waals surface area contributed by atoms with Crippen LogP contribution in [0.5, 0.6) is 0 Å². The van der Waals surface area contributed by atoms with Crippen molar-refractivity contribution in [3.05, 3.63) is 16.4 Å². The van der Waals surface area contributed by atoms with Crippen LogP contribution in [0, 0.1) is 11.8 Å². The number of fused-ring (bicyclic) bond motifs is 1. The number of H-pyrrole nitrogens is 1. The largest absolute Gasteiger partial charge is 0.438 e. The minimum absolute atomic E-state index is 0.247. The Morgan fingerprint density at radius 2 is 2.25 bits per heavy atom. The van der Waals surface area contributed by atoms with Crippen molar-refractivity contribution in [3.8, 4) is 0 Å². The number of rotatable bonds is 1. The maximum Gasteiger partial charge on any atom is 0.438 e. The maximum absolute atomic E-state index is 11.0. The molecule has 2 fully saturated rings. The smallest absolute Gasteiger partial charge is 0.296 e. The van der Waals surface area contributed by atoms with Gasteiger partial charge in [0, 0.05) is 6.54 Å². The van der Waals surface area contributed by atoms with Crippen molar-refractivity contribution in [2.75, 3.05) is 13.6 Å². The summed E-state index contributed by atoms with van der Waals surface area (Å²) in [6.45, 7) is 1.12. The van der Waals surface area contributed by atoms with E-state index in [0.717, 1.165) is 12.5 Å². The monoisotopic (exact) mass is 223 g/mol. The van der Waals surface area contributed by atoms with Gasteiger partial charge in [0.15, 0.2) is 5.82 Å². The van der Waals surface area contributed by atoms with Crippen molar-refractivity contribution < 1.29 is 4.52 Å². The topological polar surface area (TPSA) is 62.1 Å². The van der Waals surface area contributed by atoms with Gasteiger partial charge in [-0.15, -0.1) is 0 Å². The first-order valence-electron chi connectivity index (χ1n) is 6.02. The third kappa shape index (κ3) is 1.50. The Morgan fingerprint density at radius 1 is 1.44 bits per heavy atom. The average Bonchev–Trinajstić information content (AvgIpc) is 2.80. The quantitative estimate of drug-likeness (QED) is 0.776. The zero-order valence-corrected chi connectivity index (χ0v) is 9.48. The van der Waals surface area contributed by atoms with Crippen molar-refractivity contribution in [3.63, 3.8) is 0 Å². The minimum Gasteiger partial charge on any atom is -0.296 e. The average molecular weight is 223 g/mol. The Hall–Kier alpha value is -1.10. The molecule has 0 bridgehead atoms. The molecule has 3 rings (SSSR count). The molecule has 1 aliphatic heterocycles. The van der Waals surface area contributed by atoms with Crippen molar-refractivity contribution in [2.24, 2.45) is 11.8 Å². The summed E-state index contributed by atoms with van der Waals surface area (Å²) in [5, 5.41) is 3.85. The molecule has 0 amide bonds. The molecule has 1 saturated carbocycles. The Balaban J connectivity index is 1.91. The molecule has 5 heteroatoms. The van der Waals surface area contributed by atoms with Crippen LogP contribution < -0.4 is 5.76 Å². The third-order valence-corrected chi connectivity index (χ3v) is 4.11. The molecule has 1 aromatic rings. The number of likely N-dealkylation sites (tertiary alicyclic amines) is 1. The predicted molar refractivity (Wildman–Crippen MR) is 57.9 cm³/mol. The predicted octanol–water partition coefficient (Wildman–Crippen LogP) is 1.16. The van der Waals surface area contributed by atoms with E-state index < -0.39 is 5.76 Å². The van der Waals surface area contributed by atoms with Crippen LogP contribution in [0.1, 0.15) is 37.5 Å². The summed E-state index contributed by atoms with van der Waals surface area (Å²) in [7, 11) is 2.11. The molecule has 3 unspecified atom stereocenters. The van der Waals surface area contributed by atoms with E-state index in [9.17, 15) is 4.79 Å². The van der Waals surface area contributed by atoms with Crippen LogP contribution in [0.3, 0.4) is 0 Å².